The molecule has 2 rings (SSSR count). The zero-order valence-electron chi connectivity index (χ0n) is 14.6. The normalized spacial score (nSPS) is 17.7. The van der Waals surface area contributed by atoms with Crippen molar-refractivity contribution in [2.24, 2.45) is 13.0 Å². The molecule has 2 heterocycles. The van der Waals surface area contributed by atoms with E-state index in [1.807, 2.05) is 13.1 Å². The van der Waals surface area contributed by atoms with E-state index in [2.05, 4.69) is 43.0 Å². The van der Waals surface area contributed by atoms with Crippen LogP contribution in [0, 0.1) is 5.92 Å². The summed E-state index contributed by atoms with van der Waals surface area (Å²) in [4.78, 5) is 14.8. The third kappa shape index (κ3) is 4.32. The van der Waals surface area contributed by atoms with Crippen molar-refractivity contribution >= 4 is 5.91 Å². The molecule has 5 nitrogen and oxygen atoms in total. The van der Waals surface area contributed by atoms with Gasteiger partial charge >= 0.3 is 0 Å². The Bertz CT molecular complexity index is 509. The summed E-state index contributed by atoms with van der Waals surface area (Å²) in [6.45, 7) is 12.7. The SMILES string of the molecule is CC(CNC(=O)c1cc(C(C)(C)C)nn1C)CN1CCCC1. The monoisotopic (exact) mass is 306 g/mol. The van der Waals surface area contributed by atoms with Crippen LogP contribution < -0.4 is 5.32 Å². The van der Waals surface area contributed by atoms with Gasteiger partial charge in [-0.25, -0.2) is 0 Å². The van der Waals surface area contributed by atoms with Crippen molar-refractivity contribution in [1.82, 2.24) is 20.0 Å². The van der Waals surface area contributed by atoms with Gasteiger partial charge in [0.1, 0.15) is 5.69 Å². The predicted octanol–water partition coefficient (Wildman–Crippen LogP) is 2.18. The highest BCUT2D eigenvalue weighted by Gasteiger charge is 2.22. The second-order valence-electron chi connectivity index (χ2n) is 7.61. The van der Waals surface area contributed by atoms with E-state index >= 15 is 0 Å². The molecule has 5 heteroatoms. The highest BCUT2D eigenvalue weighted by molar-refractivity contribution is 5.92. The molecule has 1 fully saturated rings. The molecule has 0 aromatic carbocycles. The van der Waals surface area contributed by atoms with Gasteiger partial charge in [-0.2, -0.15) is 5.10 Å². The van der Waals surface area contributed by atoms with E-state index in [4.69, 9.17) is 0 Å². The molecule has 0 saturated carbocycles. The molecular weight excluding hydrogens is 276 g/mol. The number of aromatic nitrogens is 2. The summed E-state index contributed by atoms with van der Waals surface area (Å²) in [5, 5.41) is 7.51. The molecule has 1 atom stereocenters. The quantitative estimate of drug-likeness (QED) is 0.907. The van der Waals surface area contributed by atoms with Gasteiger partial charge in [-0.05, 0) is 37.9 Å². The number of nitrogens with one attached hydrogen (secondary N) is 1. The molecule has 0 spiro atoms. The highest BCUT2D eigenvalue weighted by atomic mass is 16.2. The van der Waals surface area contributed by atoms with Crippen LogP contribution in [0.1, 0.15) is 56.7 Å². The van der Waals surface area contributed by atoms with Gasteiger partial charge in [-0.15, -0.1) is 0 Å². The van der Waals surface area contributed by atoms with Gasteiger partial charge in [-0.1, -0.05) is 27.7 Å². The molecule has 1 aliphatic rings. The van der Waals surface area contributed by atoms with Crippen molar-refractivity contribution in [1.29, 1.82) is 0 Å². The average Bonchev–Trinajstić information content (AvgIpc) is 3.04. The molecule has 22 heavy (non-hydrogen) atoms. The standard InChI is InChI=1S/C17H30N4O/c1-13(12-21-8-6-7-9-21)11-18-16(22)14-10-15(17(2,3)4)19-20(14)5/h10,13H,6-9,11-12H2,1-5H3,(H,18,22). The first-order valence-electron chi connectivity index (χ1n) is 8.32. The number of amides is 1. The van der Waals surface area contributed by atoms with Gasteiger partial charge in [0.05, 0.1) is 5.69 Å². The van der Waals surface area contributed by atoms with Crippen LogP contribution in [-0.4, -0.2) is 46.8 Å². The minimum atomic E-state index is -0.0423. The molecule has 0 aliphatic carbocycles. The van der Waals surface area contributed by atoms with Gasteiger partial charge in [-0.3, -0.25) is 9.48 Å². The Labute approximate surface area is 134 Å². The lowest BCUT2D eigenvalue weighted by molar-refractivity contribution is 0.0935. The molecule has 1 aromatic rings. The van der Waals surface area contributed by atoms with Crippen LogP contribution in [-0.2, 0) is 12.5 Å². The molecule has 1 aromatic heterocycles. The van der Waals surface area contributed by atoms with Crippen molar-refractivity contribution in [2.45, 2.75) is 46.0 Å². The Morgan fingerprint density at radius 3 is 2.55 bits per heavy atom. The van der Waals surface area contributed by atoms with E-state index in [1.165, 1.54) is 25.9 Å². The Kier molecular flexibility index (Phi) is 5.27. The number of rotatable bonds is 5. The van der Waals surface area contributed by atoms with Crippen molar-refractivity contribution in [3.63, 3.8) is 0 Å². The Morgan fingerprint density at radius 2 is 2.00 bits per heavy atom. The van der Waals surface area contributed by atoms with Crippen molar-refractivity contribution in [2.75, 3.05) is 26.2 Å². The second kappa shape index (κ2) is 6.82. The van der Waals surface area contributed by atoms with E-state index < -0.39 is 0 Å². The Hall–Kier alpha value is -1.36. The number of carbonyl (C=O) groups is 1. The van der Waals surface area contributed by atoms with Crippen LogP contribution in [0.5, 0.6) is 0 Å². The molecule has 1 aliphatic heterocycles. The van der Waals surface area contributed by atoms with Crippen molar-refractivity contribution in [3.8, 4) is 0 Å². The lowest BCUT2D eigenvalue weighted by atomic mass is 9.92. The lowest BCUT2D eigenvalue weighted by Crippen LogP contribution is -2.35. The van der Waals surface area contributed by atoms with Crippen LogP contribution in [0.2, 0.25) is 0 Å². The summed E-state index contributed by atoms with van der Waals surface area (Å²) in [6, 6.07) is 1.90. The van der Waals surface area contributed by atoms with Crippen LogP contribution in [0.15, 0.2) is 6.07 Å². The van der Waals surface area contributed by atoms with Gasteiger partial charge in [0.25, 0.3) is 5.91 Å². The third-order valence-electron chi connectivity index (χ3n) is 4.26. The number of carbonyl (C=O) groups excluding carboxylic acids is 1. The van der Waals surface area contributed by atoms with Crippen LogP contribution >= 0.6 is 0 Å². The van der Waals surface area contributed by atoms with Gasteiger partial charge in [0, 0.05) is 25.6 Å². The summed E-state index contributed by atoms with van der Waals surface area (Å²) in [7, 11) is 1.83. The van der Waals surface area contributed by atoms with Crippen LogP contribution in [0.3, 0.4) is 0 Å². The largest absolute Gasteiger partial charge is 0.350 e. The number of hydrogen-bond donors (Lipinski definition) is 1. The molecule has 0 bridgehead atoms. The zero-order valence-corrected chi connectivity index (χ0v) is 14.6. The third-order valence-corrected chi connectivity index (χ3v) is 4.26. The van der Waals surface area contributed by atoms with E-state index in [-0.39, 0.29) is 11.3 Å². The summed E-state index contributed by atoms with van der Waals surface area (Å²) >= 11 is 0. The fourth-order valence-electron chi connectivity index (χ4n) is 2.87. The first-order chi connectivity index (χ1) is 10.3. The summed E-state index contributed by atoms with van der Waals surface area (Å²) in [6.07, 6.45) is 2.62. The number of hydrogen-bond acceptors (Lipinski definition) is 3. The van der Waals surface area contributed by atoms with Crippen LogP contribution in [0.25, 0.3) is 0 Å². The lowest BCUT2D eigenvalue weighted by Gasteiger charge is -2.20. The summed E-state index contributed by atoms with van der Waals surface area (Å²) < 4.78 is 1.68. The molecule has 1 amide bonds. The fourth-order valence-corrected chi connectivity index (χ4v) is 2.87. The maximum absolute atomic E-state index is 12.4. The molecule has 1 saturated heterocycles. The zero-order chi connectivity index (χ0) is 16.3. The fraction of sp³-hybridized carbons (Fsp3) is 0.765. The Balaban J connectivity index is 1.87. The minimum Gasteiger partial charge on any atom is -0.350 e. The molecule has 0 radical (unpaired) electrons. The predicted molar refractivity (Wildman–Crippen MR) is 89.1 cm³/mol. The van der Waals surface area contributed by atoms with E-state index in [1.54, 1.807) is 4.68 Å². The molecule has 124 valence electrons. The molecule has 1 N–H and O–H groups in total. The van der Waals surface area contributed by atoms with Crippen LogP contribution in [0.4, 0.5) is 0 Å². The molecule has 1 unspecified atom stereocenters. The minimum absolute atomic E-state index is 0.0289. The smallest absolute Gasteiger partial charge is 0.269 e. The summed E-state index contributed by atoms with van der Waals surface area (Å²) in [5.41, 5.74) is 1.54. The topological polar surface area (TPSA) is 50.2 Å². The number of nitrogens with zero attached hydrogens (tertiary/aromatic N) is 3. The van der Waals surface area contributed by atoms with Crippen molar-refractivity contribution < 1.29 is 4.79 Å². The maximum Gasteiger partial charge on any atom is 0.269 e. The highest BCUT2D eigenvalue weighted by Crippen LogP contribution is 2.21. The van der Waals surface area contributed by atoms with E-state index in [0.29, 0.717) is 18.2 Å². The maximum atomic E-state index is 12.4. The second-order valence-corrected chi connectivity index (χ2v) is 7.61. The molecular formula is C17H30N4O. The van der Waals surface area contributed by atoms with Gasteiger partial charge in [0.15, 0.2) is 0 Å². The first-order valence-corrected chi connectivity index (χ1v) is 8.32. The van der Waals surface area contributed by atoms with Crippen molar-refractivity contribution in [3.05, 3.63) is 17.5 Å². The summed E-state index contributed by atoms with van der Waals surface area (Å²) in [5.74, 6) is 0.441. The first kappa shape index (κ1) is 17.0. The van der Waals surface area contributed by atoms with E-state index in [0.717, 1.165) is 12.2 Å². The van der Waals surface area contributed by atoms with E-state index in [9.17, 15) is 4.79 Å². The Morgan fingerprint density at radius 1 is 1.36 bits per heavy atom. The average molecular weight is 306 g/mol. The number of likely N-dealkylation sites (tertiary alicyclic amines) is 1. The van der Waals surface area contributed by atoms with Gasteiger partial charge in [0.2, 0.25) is 0 Å². The number of aryl methyl sites for hydroxylation is 1. The van der Waals surface area contributed by atoms with Gasteiger partial charge < -0.3 is 10.2 Å².